The molecule has 3 aromatic rings. The molecule has 152 valence electrons. The van der Waals surface area contributed by atoms with Crippen LogP contribution < -0.4 is 5.32 Å². The number of benzene rings is 1. The molecule has 1 aromatic carbocycles. The van der Waals surface area contributed by atoms with E-state index in [1.165, 1.54) is 6.42 Å². The number of aromatic nitrogens is 2. The average molecular weight is 411 g/mol. The summed E-state index contributed by atoms with van der Waals surface area (Å²) in [6, 6.07) is 8.88. The second-order valence-corrected chi connectivity index (χ2v) is 9.00. The van der Waals surface area contributed by atoms with E-state index >= 15 is 0 Å². The molecule has 7 heteroatoms. The molecule has 2 saturated heterocycles. The van der Waals surface area contributed by atoms with Crippen LogP contribution in [0.1, 0.15) is 24.8 Å². The largest absolute Gasteiger partial charge is 0.507 e. The highest BCUT2D eigenvalue weighted by Gasteiger charge is 2.28. The summed E-state index contributed by atoms with van der Waals surface area (Å²) in [7, 11) is 0. The number of hydrogen-bond donors (Lipinski definition) is 2. The molecule has 0 radical (unpaired) electrons. The number of likely N-dealkylation sites (tertiary alicyclic amines) is 1. The zero-order chi connectivity index (χ0) is 19.8. The van der Waals surface area contributed by atoms with Crippen molar-refractivity contribution in [2.24, 2.45) is 0 Å². The standard InChI is InChI=1S/C22H26N4O2S/c1-14-11-20(23-15-3-2-8-26(12-15)16-6-9-28-13-16)24-25-21(14)18-4-5-19-17(22(18)27)7-10-29-19/h4-5,7,10-11,15-16,27H,2-3,6,8-9,12-13H2,1H3,(H,23,24)/t15-,16+/m1/s1. The number of phenols is 1. The number of rotatable bonds is 4. The number of piperidine rings is 1. The van der Waals surface area contributed by atoms with Crippen LogP contribution in [0.4, 0.5) is 5.82 Å². The Hall–Kier alpha value is -2.22. The van der Waals surface area contributed by atoms with E-state index in [-0.39, 0.29) is 5.75 Å². The minimum absolute atomic E-state index is 0.281. The van der Waals surface area contributed by atoms with Crippen LogP contribution >= 0.6 is 11.3 Å². The van der Waals surface area contributed by atoms with Gasteiger partial charge in [0.1, 0.15) is 11.6 Å². The van der Waals surface area contributed by atoms with Crippen molar-refractivity contribution in [1.82, 2.24) is 15.1 Å². The number of fused-ring (bicyclic) bond motifs is 1. The predicted octanol–water partition coefficient (Wildman–Crippen LogP) is 4.04. The Morgan fingerprint density at radius 2 is 2.17 bits per heavy atom. The first-order valence-electron chi connectivity index (χ1n) is 10.3. The molecule has 0 amide bonds. The van der Waals surface area contributed by atoms with Crippen LogP contribution in [0, 0.1) is 6.92 Å². The summed E-state index contributed by atoms with van der Waals surface area (Å²) in [4.78, 5) is 2.55. The number of anilines is 1. The number of thiophene rings is 1. The van der Waals surface area contributed by atoms with Gasteiger partial charge in [0, 0.05) is 40.9 Å². The van der Waals surface area contributed by atoms with E-state index in [2.05, 4.69) is 20.4 Å². The third-order valence-electron chi connectivity index (χ3n) is 6.07. The molecule has 0 unspecified atom stereocenters. The molecule has 6 nitrogen and oxygen atoms in total. The molecule has 2 aliphatic heterocycles. The molecule has 0 aliphatic carbocycles. The molecule has 2 atom stereocenters. The Balaban J connectivity index is 1.33. The summed E-state index contributed by atoms with van der Waals surface area (Å²) < 4.78 is 6.64. The highest BCUT2D eigenvalue weighted by molar-refractivity contribution is 7.17. The Labute approximate surface area is 174 Å². The van der Waals surface area contributed by atoms with E-state index in [1.54, 1.807) is 11.3 Å². The van der Waals surface area contributed by atoms with Crippen molar-refractivity contribution in [2.75, 3.05) is 31.6 Å². The topological polar surface area (TPSA) is 70.5 Å². The summed E-state index contributed by atoms with van der Waals surface area (Å²) in [5.41, 5.74) is 2.47. The Morgan fingerprint density at radius 3 is 3.00 bits per heavy atom. The lowest BCUT2D eigenvalue weighted by Gasteiger charge is -2.36. The van der Waals surface area contributed by atoms with Crippen molar-refractivity contribution < 1.29 is 9.84 Å². The van der Waals surface area contributed by atoms with Gasteiger partial charge in [-0.3, -0.25) is 4.90 Å². The van der Waals surface area contributed by atoms with Crippen molar-refractivity contribution in [3.05, 3.63) is 35.2 Å². The maximum atomic E-state index is 10.7. The average Bonchev–Trinajstić information content (AvgIpc) is 3.42. The van der Waals surface area contributed by atoms with Gasteiger partial charge in [-0.05, 0) is 67.9 Å². The maximum Gasteiger partial charge on any atom is 0.149 e. The lowest BCUT2D eigenvalue weighted by Crippen LogP contribution is -2.47. The molecular formula is C22H26N4O2S. The number of ether oxygens (including phenoxy) is 1. The number of nitrogens with one attached hydrogen (secondary N) is 1. The number of phenolic OH excluding ortho intramolecular Hbond substituents is 1. The van der Waals surface area contributed by atoms with Gasteiger partial charge in [0.2, 0.25) is 0 Å². The van der Waals surface area contributed by atoms with Crippen LogP contribution in [-0.4, -0.2) is 58.6 Å². The number of hydrogen-bond acceptors (Lipinski definition) is 7. The zero-order valence-electron chi connectivity index (χ0n) is 16.6. The molecular weight excluding hydrogens is 384 g/mol. The van der Waals surface area contributed by atoms with E-state index in [1.807, 2.05) is 36.6 Å². The molecule has 2 aromatic heterocycles. The first kappa shape index (κ1) is 18.8. The fraction of sp³-hybridized carbons (Fsp3) is 0.455. The molecule has 2 fully saturated rings. The Kier molecular flexibility index (Phi) is 5.11. The van der Waals surface area contributed by atoms with Crippen molar-refractivity contribution in [2.45, 2.75) is 38.3 Å². The minimum Gasteiger partial charge on any atom is -0.507 e. The van der Waals surface area contributed by atoms with Gasteiger partial charge in [-0.1, -0.05) is 0 Å². The minimum atomic E-state index is 0.281. The van der Waals surface area contributed by atoms with Gasteiger partial charge in [0.25, 0.3) is 0 Å². The van der Waals surface area contributed by atoms with E-state index in [9.17, 15) is 5.11 Å². The summed E-state index contributed by atoms with van der Waals surface area (Å²) in [6.45, 7) is 5.94. The van der Waals surface area contributed by atoms with Gasteiger partial charge >= 0.3 is 0 Å². The molecule has 0 spiro atoms. The van der Waals surface area contributed by atoms with Gasteiger partial charge in [-0.25, -0.2) is 0 Å². The predicted molar refractivity (Wildman–Crippen MR) is 117 cm³/mol. The van der Waals surface area contributed by atoms with Crippen LogP contribution in [0.5, 0.6) is 5.75 Å². The van der Waals surface area contributed by atoms with Gasteiger partial charge < -0.3 is 15.2 Å². The lowest BCUT2D eigenvalue weighted by molar-refractivity contribution is 0.123. The van der Waals surface area contributed by atoms with Crippen molar-refractivity contribution >= 4 is 27.2 Å². The Morgan fingerprint density at radius 1 is 1.24 bits per heavy atom. The van der Waals surface area contributed by atoms with Crippen molar-refractivity contribution in [1.29, 1.82) is 0 Å². The monoisotopic (exact) mass is 410 g/mol. The highest BCUT2D eigenvalue weighted by Crippen LogP contribution is 2.38. The third-order valence-corrected chi connectivity index (χ3v) is 6.96. The highest BCUT2D eigenvalue weighted by atomic mass is 32.1. The molecule has 2 N–H and O–H groups in total. The van der Waals surface area contributed by atoms with E-state index in [0.29, 0.717) is 12.1 Å². The van der Waals surface area contributed by atoms with E-state index < -0.39 is 0 Å². The van der Waals surface area contributed by atoms with Crippen LogP contribution in [0.3, 0.4) is 0 Å². The van der Waals surface area contributed by atoms with Gasteiger partial charge in [0.05, 0.1) is 12.3 Å². The zero-order valence-corrected chi connectivity index (χ0v) is 17.4. The SMILES string of the molecule is Cc1cc(N[C@@H]2CCCN([C@H]3CCOC3)C2)nnc1-c1ccc2sccc2c1O. The fourth-order valence-electron chi connectivity index (χ4n) is 4.52. The van der Waals surface area contributed by atoms with Crippen LogP contribution in [-0.2, 0) is 4.74 Å². The summed E-state index contributed by atoms with van der Waals surface area (Å²) in [5, 5.41) is 26.0. The summed E-state index contributed by atoms with van der Waals surface area (Å²) in [5.74, 6) is 1.08. The molecule has 4 heterocycles. The molecule has 0 saturated carbocycles. The normalized spacial score (nSPS) is 22.9. The maximum absolute atomic E-state index is 10.7. The molecule has 29 heavy (non-hydrogen) atoms. The third kappa shape index (κ3) is 3.70. The van der Waals surface area contributed by atoms with E-state index in [0.717, 1.165) is 71.9 Å². The van der Waals surface area contributed by atoms with Crippen LogP contribution in [0.15, 0.2) is 29.6 Å². The Bertz CT molecular complexity index is 1020. The van der Waals surface area contributed by atoms with Crippen LogP contribution in [0.25, 0.3) is 21.3 Å². The number of aryl methyl sites for hydroxylation is 1. The van der Waals surface area contributed by atoms with Gasteiger partial charge in [-0.15, -0.1) is 21.5 Å². The summed E-state index contributed by atoms with van der Waals surface area (Å²) in [6.07, 6.45) is 3.47. The molecule has 0 bridgehead atoms. The smallest absolute Gasteiger partial charge is 0.149 e. The van der Waals surface area contributed by atoms with E-state index in [4.69, 9.17) is 4.74 Å². The quantitative estimate of drug-likeness (QED) is 0.677. The van der Waals surface area contributed by atoms with Gasteiger partial charge in [0.15, 0.2) is 0 Å². The molecule has 5 rings (SSSR count). The fourth-order valence-corrected chi connectivity index (χ4v) is 5.31. The van der Waals surface area contributed by atoms with Gasteiger partial charge in [-0.2, -0.15) is 0 Å². The second kappa shape index (κ2) is 7.89. The first-order chi connectivity index (χ1) is 14.2. The van der Waals surface area contributed by atoms with Crippen molar-refractivity contribution in [3.63, 3.8) is 0 Å². The second-order valence-electron chi connectivity index (χ2n) is 8.05. The number of aromatic hydroxyl groups is 1. The van der Waals surface area contributed by atoms with Crippen molar-refractivity contribution in [3.8, 4) is 17.0 Å². The lowest BCUT2D eigenvalue weighted by atomic mass is 10.0. The summed E-state index contributed by atoms with van der Waals surface area (Å²) >= 11 is 1.62. The number of nitrogens with zero attached hydrogens (tertiary/aromatic N) is 3. The first-order valence-corrected chi connectivity index (χ1v) is 11.2. The molecule has 2 aliphatic rings. The van der Waals surface area contributed by atoms with Crippen LogP contribution in [0.2, 0.25) is 0 Å².